The fraction of sp³-hybridized carbons (Fsp3) is 0.462. The molecule has 0 radical (unpaired) electrons. The maximum absolute atomic E-state index is 10.8. The molecule has 0 aliphatic carbocycles. The Bertz CT molecular complexity index is 462. The van der Waals surface area contributed by atoms with Crippen molar-refractivity contribution in [2.75, 3.05) is 37.0 Å². The largest absolute Gasteiger partial charge is 0.480 e. The molecule has 5 nitrogen and oxygen atoms in total. The van der Waals surface area contributed by atoms with E-state index in [4.69, 9.17) is 10.8 Å². The van der Waals surface area contributed by atoms with Gasteiger partial charge in [0.2, 0.25) is 0 Å². The summed E-state index contributed by atoms with van der Waals surface area (Å²) in [5.41, 5.74) is 8.84. The van der Waals surface area contributed by atoms with Crippen LogP contribution < -0.4 is 15.5 Å². The van der Waals surface area contributed by atoms with Crippen LogP contribution in [0.1, 0.15) is 5.56 Å². The quantitative estimate of drug-likeness (QED) is 0.817. The Balaban J connectivity index is 2.26. The highest BCUT2D eigenvalue weighted by Gasteiger charge is 2.19. The minimum Gasteiger partial charge on any atom is -0.480 e. The van der Waals surface area contributed by atoms with Gasteiger partial charge < -0.3 is 20.6 Å². The van der Waals surface area contributed by atoms with Crippen molar-refractivity contribution in [2.45, 2.75) is 12.5 Å². The minimum absolute atomic E-state index is 0.361. The first-order valence-corrected chi connectivity index (χ1v) is 6.02. The minimum atomic E-state index is -0.960. The molecule has 1 aliphatic heterocycles. The standard InChI is InChI=1S/C13H19N3O2/c1-15-5-6-16(2)12-8-9(3-4-11(12)15)7-10(14)13(17)18/h3-4,8,10H,5-7,14H2,1-2H3,(H,17,18). The Morgan fingerprint density at radius 2 is 1.94 bits per heavy atom. The van der Waals surface area contributed by atoms with Gasteiger partial charge >= 0.3 is 5.97 Å². The van der Waals surface area contributed by atoms with Gasteiger partial charge in [0.05, 0.1) is 11.4 Å². The molecule has 18 heavy (non-hydrogen) atoms. The molecule has 0 saturated carbocycles. The number of hydrogen-bond donors (Lipinski definition) is 2. The van der Waals surface area contributed by atoms with E-state index in [1.807, 2.05) is 25.2 Å². The number of carboxylic acid groups (broad SMARTS) is 1. The number of aliphatic carboxylic acids is 1. The van der Waals surface area contributed by atoms with Crippen LogP contribution in [0, 0.1) is 0 Å². The Morgan fingerprint density at radius 3 is 2.56 bits per heavy atom. The molecule has 1 heterocycles. The number of likely N-dealkylation sites (N-methyl/N-ethyl adjacent to an activating group) is 2. The van der Waals surface area contributed by atoms with Crippen molar-refractivity contribution in [2.24, 2.45) is 5.73 Å². The first-order valence-electron chi connectivity index (χ1n) is 6.02. The molecule has 1 aromatic rings. The monoisotopic (exact) mass is 249 g/mol. The third-order valence-corrected chi connectivity index (χ3v) is 3.41. The van der Waals surface area contributed by atoms with Crippen molar-refractivity contribution in [1.82, 2.24) is 0 Å². The summed E-state index contributed by atoms with van der Waals surface area (Å²) >= 11 is 0. The van der Waals surface area contributed by atoms with E-state index in [1.54, 1.807) is 0 Å². The number of anilines is 2. The fourth-order valence-electron chi connectivity index (χ4n) is 2.21. The van der Waals surface area contributed by atoms with Crippen molar-refractivity contribution in [3.8, 4) is 0 Å². The lowest BCUT2D eigenvalue weighted by Crippen LogP contribution is -2.37. The van der Waals surface area contributed by atoms with Gasteiger partial charge in [0.25, 0.3) is 0 Å². The fourth-order valence-corrected chi connectivity index (χ4v) is 2.21. The second kappa shape index (κ2) is 4.86. The zero-order valence-corrected chi connectivity index (χ0v) is 10.8. The van der Waals surface area contributed by atoms with E-state index in [0.29, 0.717) is 6.42 Å². The Hall–Kier alpha value is -1.75. The topological polar surface area (TPSA) is 69.8 Å². The summed E-state index contributed by atoms with van der Waals surface area (Å²) in [4.78, 5) is 15.2. The van der Waals surface area contributed by atoms with Gasteiger partial charge in [-0.2, -0.15) is 0 Å². The first kappa shape index (κ1) is 12.7. The summed E-state index contributed by atoms with van der Waals surface area (Å²) < 4.78 is 0. The van der Waals surface area contributed by atoms with Gasteiger partial charge in [0.1, 0.15) is 6.04 Å². The molecule has 0 aromatic heterocycles. The smallest absolute Gasteiger partial charge is 0.320 e. The molecule has 1 atom stereocenters. The van der Waals surface area contributed by atoms with Crippen molar-refractivity contribution >= 4 is 17.3 Å². The van der Waals surface area contributed by atoms with Crippen molar-refractivity contribution in [1.29, 1.82) is 0 Å². The first-order chi connectivity index (χ1) is 8.49. The molecular weight excluding hydrogens is 230 g/mol. The van der Waals surface area contributed by atoms with E-state index in [9.17, 15) is 4.79 Å². The molecule has 0 saturated heterocycles. The van der Waals surface area contributed by atoms with E-state index >= 15 is 0 Å². The number of nitrogens with zero attached hydrogens (tertiary/aromatic N) is 2. The van der Waals surface area contributed by atoms with Gasteiger partial charge in [-0.25, -0.2) is 0 Å². The van der Waals surface area contributed by atoms with Crippen LogP contribution in [-0.2, 0) is 11.2 Å². The van der Waals surface area contributed by atoms with Gasteiger partial charge in [-0.3, -0.25) is 4.79 Å². The van der Waals surface area contributed by atoms with Crippen LogP contribution in [0.4, 0.5) is 11.4 Å². The highest BCUT2D eigenvalue weighted by Crippen LogP contribution is 2.32. The molecule has 0 bridgehead atoms. The highest BCUT2D eigenvalue weighted by atomic mass is 16.4. The molecule has 1 aliphatic rings. The van der Waals surface area contributed by atoms with E-state index in [1.165, 1.54) is 5.69 Å². The van der Waals surface area contributed by atoms with Crippen molar-refractivity contribution < 1.29 is 9.90 Å². The van der Waals surface area contributed by atoms with Crippen LogP contribution >= 0.6 is 0 Å². The molecular formula is C13H19N3O2. The maximum Gasteiger partial charge on any atom is 0.320 e. The zero-order valence-electron chi connectivity index (χ0n) is 10.8. The summed E-state index contributed by atoms with van der Waals surface area (Å²) in [7, 11) is 4.11. The Morgan fingerprint density at radius 1 is 1.33 bits per heavy atom. The van der Waals surface area contributed by atoms with E-state index < -0.39 is 12.0 Å². The van der Waals surface area contributed by atoms with Crippen LogP contribution in [0.2, 0.25) is 0 Å². The number of benzene rings is 1. The predicted octanol–water partition coefficient (Wildman–Crippen LogP) is 0.527. The highest BCUT2D eigenvalue weighted by molar-refractivity contribution is 5.75. The Labute approximate surface area is 107 Å². The summed E-state index contributed by atoms with van der Waals surface area (Å²) in [6.45, 7) is 1.97. The molecule has 0 amide bonds. The number of rotatable bonds is 3. The van der Waals surface area contributed by atoms with Crippen molar-refractivity contribution in [3.63, 3.8) is 0 Å². The van der Waals surface area contributed by atoms with Crippen LogP contribution in [0.25, 0.3) is 0 Å². The molecule has 0 fully saturated rings. The second-order valence-corrected chi connectivity index (χ2v) is 4.82. The summed E-state index contributed by atoms with van der Waals surface area (Å²) in [6.07, 6.45) is 0.361. The number of hydrogen-bond acceptors (Lipinski definition) is 4. The summed E-state index contributed by atoms with van der Waals surface area (Å²) in [5.74, 6) is -0.960. The third kappa shape index (κ3) is 2.41. The Kier molecular flexibility index (Phi) is 3.43. The number of carbonyl (C=O) groups is 1. The van der Waals surface area contributed by atoms with Gasteiger partial charge in [-0.1, -0.05) is 6.07 Å². The predicted molar refractivity (Wildman–Crippen MR) is 72.3 cm³/mol. The molecule has 1 aromatic carbocycles. The van der Waals surface area contributed by atoms with Crippen molar-refractivity contribution in [3.05, 3.63) is 23.8 Å². The number of carboxylic acids is 1. The van der Waals surface area contributed by atoms with Crippen LogP contribution in [-0.4, -0.2) is 44.3 Å². The molecule has 3 N–H and O–H groups in total. The lowest BCUT2D eigenvalue weighted by molar-refractivity contribution is -0.138. The zero-order chi connectivity index (χ0) is 13.3. The molecule has 5 heteroatoms. The lowest BCUT2D eigenvalue weighted by atomic mass is 10.0. The molecule has 2 rings (SSSR count). The molecule has 0 spiro atoms. The van der Waals surface area contributed by atoms with Gasteiger partial charge in [-0.15, -0.1) is 0 Å². The average molecular weight is 249 g/mol. The SMILES string of the molecule is CN1CCN(C)c2cc(CC(N)C(=O)O)ccc21. The summed E-state index contributed by atoms with van der Waals surface area (Å²) in [6, 6.07) is 5.19. The van der Waals surface area contributed by atoms with E-state index in [0.717, 1.165) is 24.3 Å². The third-order valence-electron chi connectivity index (χ3n) is 3.41. The van der Waals surface area contributed by atoms with Crippen LogP contribution in [0.15, 0.2) is 18.2 Å². The maximum atomic E-state index is 10.8. The van der Waals surface area contributed by atoms with E-state index in [-0.39, 0.29) is 0 Å². The van der Waals surface area contributed by atoms with Crippen LogP contribution in [0.5, 0.6) is 0 Å². The van der Waals surface area contributed by atoms with E-state index in [2.05, 4.69) is 16.8 Å². The normalized spacial score (nSPS) is 16.4. The van der Waals surface area contributed by atoms with Gasteiger partial charge in [0.15, 0.2) is 0 Å². The van der Waals surface area contributed by atoms with Gasteiger partial charge in [-0.05, 0) is 24.1 Å². The average Bonchev–Trinajstić information content (AvgIpc) is 2.34. The number of nitrogens with two attached hydrogens (primary N) is 1. The molecule has 98 valence electrons. The van der Waals surface area contributed by atoms with Gasteiger partial charge in [0, 0.05) is 27.2 Å². The summed E-state index contributed by atoms with van der Waals surface area (Å²) in [5, 5.41) is 8.83. The van der Waals surface area contributed by atoms with Crippen LogP contribution in [0.3, 0.4) is 0 Å². The lowest BCUT2D eigenvalue weighted by Gasteiger charge is -2.35. The molecule has 1 unspecified atom stereocenters. The number of fused-ring (bicyclic) bond motifs is 1. The second-order valence-electron chi connectivity index (χ2n) is 4.82.